The maximum Gasteiger partial charge on any atom is 0.327 e. The molecular formula is C20H25NO3. The molecule has 128 valence electrons. The zero-order chi connectivity index (χ0) is 17.4. The van der Waals surface area contributed by atoms with Crippen molar-refractivity contribution in [3.63, 3.8) is 0 Å². The van der Waals surface area contributed by atoms with Gasteiger partial charge in [-0.05, 0) is 36.1 Å². The van der Waals surface area contributed by atoms with Gasteiger partial charge in [-0.15, -0.1) is 0 Å². The molecule has 2 rings (SSSR count). The molecule has 2 aromatic rings. The van der Waals surface area contributed by atoms with Crippen LogP contribution in [0.15, 0.2) is 54.6 Å². The summed E-state index contributed by atoms with van der Waals surface area (Å²) in [5, 5.41) is 9.34. The lowest BCUT2D eigenvalue weighted by atomic mass is 9.95. The molecule has 1 atom stereocenters. The monoisotopic (exact) mass is 327 g/mol. The van der Waals surface area contributed by atoms with Crippen LogP contribution in [0.25, 0.3) is 0 Å². The molecular weight excluding hydrogens is 302 g/mol. The first-order valence-corrected chi connectivity index (χ1v) is 8.31. The first-order chi connectivity index (χ1) is 11.5. The molecule has 1 unspecified atom stereocenters. The molecule has 0 amide bonds. The van der Waals surface area contributed by atoms with E-state index in [9.17, 15) is 9.90 Å². The van der Waals surface area contributed by atoms with E-state index >= 15 is 0 Å². The van der Waals surface area contributed by atoms with Crippen molar-refractivity contribution in [2.75, 3.05) is 6.61 Å². The number of hydrogen-bond donors (Lipinski definition) is 2. The van der Waals surface area contributed by atoms with E-state index in [0.717, 1.165) is 19.3 Å². The number of carboxylic acid groups (broad SMARTS) is 1. The average molecular weight is 327 g/mol. The van der Waals surface area contributed by atoms with Crippen molar-refractivity contribution in [1.82, 2.24) is 0 Å². The molecule has 0 bridgehead atoms. The van der Waals surface area contributed by atoms with Gasteiger partial charge in [0, 0.05) is 0 Å². The van der Waals surface area contributed by atoms with Crippen LogP contribution in [-0.4, -0.2) is 23.2 Å². The lowest BCUT2D eigenvalue weighted by Gasteiger charge is -2.24. The first kappa shape index (κ1) is 18.0. The second-order valence-electron chi connectivity index (χ2n) is 6.16. The topological polar surface area (TPSA) is 72.5 Å². The second kappa shape index (κ2) is 8.50. The second-order valence-corrected chi connectivity index (χ2v) is 6.16. The molecule has 4 nitrogen and oxygen atoms in total. The van der Waals surface area contributed by atoms with Gasteiger partial charge < -0.3 is 15.6 Å². The van der Waals surface area contributed by atoms with Crippen LogP contribution >= 0.6 is 0 Å². The quantitative estimate of drug-likeness (QED) is 0.738. The fourth-order valence-electron chi connectivity index (χ4n) is 2.48. The van der Waals surface area contributed by atoms with E-state index in [1.165, 1.54) is 11.1 Å². The lowest BCUT2D eigenvalue weighted by Crippen LogP contribution is -2.52. The maximum absolute atomic E-state index is 11.4. The predicted molar refractivity (Wildman–Crippen MR) is 95.3 cm³/mol. The van der Waals surface area contributed by atoms with Gasteiger partial charge in [0.25, 0.3) is 0 Å². The van der Waals surface area contributed by atoms with Crippen molar-refractivity contribution < 1.29 is 14.6 Å². The molecule has 24 heavy (non-hydrogen) atoms. The van der Waals surface area contributed by atoms with Crippen molar-refractivity contribution in [1.29, 1.82) is 0 Å². The highest BCUT2D eigenvalue weighted by atomic mass is 16.5. The van der Waals surface area contributed by atoms with Gasteiger partial charge in [0.1, 0.15) is 17.9 Å². The van der Waals surface area contributed by atoms with E-state index in [1.807, 2.05) is 49.4 Å². The highest BCUT2D eigenvalue weighted by Gasteiger charge is 2.34. The Labute approximate surface area is 143 Å². The minimum absolute atomic E-state index is 0.0274. The molecule has 0 aliphatic rings. The smallest absolute Gasteiger partial charge is 0.327 e. The Morgan fingerprint density at radius 1 is 1.08 bits per heavy atom. The Morgan fingerprint density at radius 3 is 2.29 bits per heavy atom. The summed E-state index contributed by atoms with van der Waals surface area (Å²) in [6.45, 7) is 1.98. The Balaban J connectivity index is 1.94. The van der Waals surface area contributed by atoms with Crippen molar-refractivity contribution in [2.45, 2.75) is 38.1 Å². The van der Waals surface area contributed by atoms with Gasteiger partial charge in [0.05, 0.1) is 0 Å². The van der Waals surface area contributed by atoms with Crippen LogP contribution in [-0.2, 0) is 11.2 Å². The molecule has 0 aromatic heterocycles. The fraction of sp³-hybridized carbons (Fsp3) is 0.350. The van der Waals surface area contributed by atoms with Crippen molar-refractivity contribution in [2.24, 2.45) is 5.73 Å². The van der Waals surface area contributed by atoms with E-state index in [1.54, 1.807) is 0 Å². The Bertz CT molecular complexity index is 640. The Kier molecular flexibility index (Phi) is 6.38. The lowest BCUT2D eigenvalue weighted by molar-refractivity contribution is -0.144. The van der Waals surface area contributed by atoms with E-state index in [0.29, 0.717) is 12.2 Å². The molecule has 4 heteroatoms. The summed E-state index contributed by atoms with van der Waals surface area (Å²) in [6, 6.07) is 17.9. The summed E-state index contributed by atoms with van der Waals surface area (Å²) < 4.78 is 5.63. The normalized spacial score (nSPS) is 13.2. The van der Waals surface area contributed by atoms with Crippen LogP contribution in [0.4, 0.5) is 0 Å². The summed E-state index contributed by atoms with van der Waals surface area (Å²) in [5.41, 5.74) is 7.07. The van der Waals surface area contributed by atoms with Gasteiger partial charge in [0.2, 0.25) is 0 Å². The van der Waals surface area contributed by atoms with Crippen molar-refractivity contribution in [3.8, 4) is 5.75 Å². The van der Waals surface area contributed by atoms with E-state index in [4.69, 9.17) is 10.5 Å². The summed E-state index contributed by atoms with van der Waals surface area (Å²) in [7, 11) is 0. The predicted octanol–water partition coefficient (Wildman–Crippen LogP) is 3.63. The Hall–Kier alpha value is -2.33. The van der Waals surface area contributed by atoms with Gasteiger partial charge >= 0.3 is 5.97 Å². The summed E-state index contributed by atoms with van der Waals surface area (Å²) in [6.07, 6.45) is 2.93. The molecule has 0 aliphatic carbocycles. The number of aliphatic carboxylic acids is 1. The number of benzene rings is 2. The average Bonchev–Trinajstić information content (AvgIpc) is 2.60. The molecule has 2 aromatic carbocycles. The highest BCUT2D eigenvalue weighted by Crippen LogP contribution is 2.18. The standard InChI is InChI=1S/C20H25NO3/c1-2-3-13-20(21,19(22)23)15-24-18-11-9-17(10-12-18)14-16-7-5-4-6-8-16/h4-12H,2-3,13-15,21H2,1H3,(H,22,23). The molecule has 0 spiro atoms. The molecule has 3 N–H and O–H groups in total. The summed E-state index contributed by atoms with van der Waals surface area (Å²) >= 11 is 0. The number of nitrogens with two attached hydrogens (primary N) is 1. The number of carboxylic acids is 1. The minimum atomic E-state index is -1.33. The van der Waals surface area contributed by atoms with Crippen molar-refractivity contribution in [3.05, 3.63) is 65.7 Å². The third kappa shape index (κ3) is 5.10. The zero-order valence-corrected chi connectivity index (χ0v) is 14.1. The fourth-order valence-corrected chi connectivity index (χ4v) is 2.48. The van der Waals surface area contributed by atoms with E-state index in [2.05, 4.69) is 12.1 Å². The number of carbonyl (C=O) groups is 1. The third-order valence-corrected chi connectivity index (χ3v) is 4.07. The highest BCUT2D eigenvalue weighted by molar-refractivity contribution is 5.78. The van der Waals surface area contributed by atoms with Gasteiger partial charge in [-0.1, -0.05) is 62.2 Å². The zero-order valence-electron chi connectivity index (χ0n) is 14.1. The van der Waals surface area contributed by atoms with Crippen LogP contribution in [0.5, 0.6) is 5.75 Å². The van der Waals surface area contributed by atoms with Gasteiger partial charge in [-0.3, -0.25) is 4.79 Å². The van der Waals surface area contributed by atoms with Crippen LogP contribution in [0, 0.1) is 0 Å². The van der Waals surface area contributed by atoms with Crippen LogP contribution in [0.2, 0.25) is 0 Å². The number of rotatable bonds is 9. The number of ether oxygens (including phenoxy) is 1. The molecule has 0 radical (unpaired) electrons. The first-order valence-electron chi connectivity index (χ1n) is 8.31. The maximum atomic E-state index is 11.4. The molecule has 0 heterocycles. The van der Waals surface area contributed by atoms with E-state index in [-0.39, 0.29) is 6.61 Å². The Morgan fingerprint density at radius 2 is 1.71 bits per heavy atom. The van der Waals surface area contributed by atoms with Crippen LogP contribution < -0.4 is 10.5 Å². The van der Waals surface area contributed by atoms with Crippen LogP contribution in [0.3, 0.4) is 0 Å². The number of hydrogen-bond acceptors (Lipinski definition) is 3. The van der Waals surface area contributed by atoms with Gasteiger partial charge in [-0.2, -0.15) is 0 Å². The van der Waals surface area contributed by atoms with Gasteiger partial charge in [0.15, 0.2) is 0 Å². The summed E-state index contributed by atoms with van der Waals surface area (Å²) in [4.78, 5) is 11.4. The summed E-state index contributed by atoms with van der Waals surface area (Å²) in [5.74, 6) is -0.379. The minimum Gasteiger partial charge on any atom is -0.491 e. The van der Waals surface area contributed by atoms with Crippen molar-refractivity contribution >= 4 is 5.97 Å². The van der Waals surface area contributed by atoms with Gasteiger partial charge in [-0.25, -0.2) is 0 Å². The molecule has 0 fully saturated rings. The molecule has 0 aliphatic heterocycles. The number of unbranched alkanes of at least 4 members (excludes halogenated alkanes) is 1. The SMILES string of the molecule is CCCCC(N)(COc1ccc(Cc2ccccc2)cc1)C(=O)O. The van der Waals surface area contributed by atoms with E-state index < -0.39 is 11.5 Å². The van der Waals surface area contributed by atoms with Crippen LogP contribution in [0.1, 0.15) is 37.3 Å². The largest absolute Gasteiger partial charge is 0.491 e. The molecule has 0 saturated carbocycles. The molecule has 0 saturated heterocycles. The third-order valence-electron chi connectivity index (χ3n) is 4.07.